The minimum Gasteiger partial charge on any atom is -0.412 e. The summed E-state index contributed by atoms with van der Waals surface area (Å²) in [5.41, 5.74) is 0. The topological polar surface area (TPSA) is 63.0 Å². The van der Waals surface area contributed by atoms with Crippen molar-refractivity contribution in [3.05, 3.63) is 0 Å². The zero-order valence-electron chi connectivity index (χ0n) is 1.63. The molecule has 0 aromatic heterocycles. The van der Waals surface area contributed by atoms with E-state index in [1.54, 1.807) is 0 Å². The van der Waals surface area contributed by atoms with E-state index in [1.807, 2.05) is 0 Å². The van der Waals surface area contributed by atoms with E-state index in [9.17, 15) is 0 Å². The zero-order valence-corrected chi connectivity index (χ0v) is 3.61. The Morgan fingerprint density at radius 2 is 0.500 bits per heavy atom. The predicted octanol–water partition coefficient (Wildman–Crippen LogP) is -1.65. The van der Waals surface area contributed by atoms with Crippen LogP contribution >= 0.6 is 0 Å². The molecule has 0 aliphatic heterocycles. The third kappa shape index (κ3) is 12.9. The third-order valence-corrected chi connectivity index (χ3v) is 0. The van der Waals surface area contributed by atoms with E-state index in [4.69, 9.17) is 0 Å². The molecule has 0 bridgehead atoms. The number of hydrogen-bond acceptors (Lipinski definition) is 0. The van der Waals surface area contributed by atoms with Crippen molar-refractivity contribution in [1.29, 1.82) is 0 Å². The van der Waals surface area contributed by atoms with Crippen LogP contribution in [-0.4, -0.2) is 11.0 Å². The molecule has 0 amide bonds. The van der Waals surface area contributed by atoms with E-state index in [-0.39, 0.29) is 43.9 Å². The Morgan fingerprint density at radius 3 is 0.500 bits per heavy atom. The van der Waals surface area contributed by atoms with Gasteiger partial charge in [-0.15, -0.1) is 0 Å². The average Bonchev–Trinajstić information content (AvgIpc) is 0. The van der Waals surface area contributed by atoms with Crippen LogP contribution in [0.3, 0.4) is 0 Å². The molecule has 0 radical (unpaired) electrons. The molecule has 0 aliphatic rings. The van der Waals surface area contributed by atoms with Crippen LogP contribution in [-0.2, 0) is 33.0 Å². The van der Waals surface area contributed by atoms with Gasteiger partial charge in [-0.05, 0) is 0 Å². The summed E-state index contributed by atoms with van der Waals surface area (Å²) in [5, 5.41) is 0. The van der Waals surface area contributed by atoms with Crippen molar-refractivity contribution >= 4 is 0 Å². The van der Waals surface area contributed by atoms with Gasteiger partial charge in [0.05, 0.1) is 0 Å². The molecule has 4 heavy (non-hydrogen) atoms. The second kappa shape index (κ2) is 40.1. The summed E-state index contributed by atoms with van der Waals surface area (Å²) >= 11 is 0. The first-order chi connectivity index (χ1) is 0. The maximum Gasteiger partial charge on any atom is 0 e. The molecule has 0 aliphatic carbocycles. The second-order valence-corrected chi connectivity index (χ2v) is 0. The van der Waals surface area contributed by atoms with Crippen LogP contribution in [0.2, 0.25) is 0 Å². The Morgan fingerprint density at radius 1 is 0.500 bits per heavy atom. The van der Waals surface area contributed by atoms with Gasteiger partial charge < -0.3 is 11.0 Å². The maximum atomic E-state index is 0. The van der Waals surface area contributed by atoms with Crippen LogP contribution in [0.4, 0.5) is 0 Å². The molecule has 0 heterocycles. The minimum atomic E-state index is 0. The van der Waals surface area contributed by atoms with Crippen molar-refractivity contribution in [3.8, 4) is 0 Å². The first-order valence-electron chi connectivity index (χ1n) is 0. The fraction of sp³-hybridized carbons (Fsp3) is 0. The van der Waals surface area contributed by atoms with Gasteiger partial charge in [0.25, 0.3) is 0 Å². The van der Waals surface area contributed by atoms with Gasteiger partial charge in [-0.2, -0.15) is 0 Å². The summed E-state index contributed by atoms with van der Waals surface area (Å²) < 4.78 is 0. The molecule has 2 nitrogen and oxygen atoms in total. The zero-order chi connectivity index (χ0) is 0. The molecule has 0 saturated heterocycles. The van der Waals surface area contributed by atoms with Gasteiger partial charge in [0.2, 0.25) is 0 Å². The fourth-order valence-corrected chi connectivity index (χ4v) is 0. The van der Waals surface area contributed by atoms with E-state index in [0.29, 0.717) is 0 Å². The Labute approximate surface area is 44.4 Å². The minimum absolute atomic E-state index is 0. The molecule has 0 spiro atoms. The first-order valence-corrected chi connectivity index (χ1v) is 0. The van der Waals surface area contributed by atoms with Gasteiger partial charge in [0.15, 0.2) is 0 Å². The average molecular weight is 153 g/mol. The summed E-state index contributed by atoms with van der Waals surface area (Å²) in [5.74, 6) is 0. The third-order valence-electron chi connectivity index (χ3n) is 0. The van der Waals surface area contributed by atoms with Crippen LogP contribution in [0.15, 0.2) is 0 Å². The molecule has 0 aromatic carbocycles. The SMILES string of the molecule is O.O.[Ni].[Ni]. The normalized spacial score (nSPS) is 0. The first kappa shape index (κ1) is 91.0. The standard InChI is InChI=1S/2Ni.2H2O/h;;2*1H2. The molecular weight excluding hydrogens is 149 g/mol. The Balaban J connectivity index is 0. The molecule has 0 fully saturated rings. The van der Waals surface area contributed by atoms with Crippen molar-refractivity contribution in [3.63, 3.8) is 0 Å². The van der Waals surface area contributed by atoms with Crippen LogP contribution in [0.1, 0.15) is 0 Å². The predicted molar refractivity (Wildman–Crippen MR) is 7.23 cm³/mol. The van der Waals surface area contributed by atoms with Gasteiger partial charge in [-0.3, -0.25) is 0 Å². The Hall–Kier alpha value is 0.907. The van der Waals surface area contributed by atoms with E-state index < -0.39 is 0 Å². The van der Waals surface area contributed by atoms with Crippen LogP contribution in [0.5, 0.6) is 0 Å². The number of rotatable bonds is 0. The van der Waals surface area contributed by atoms with Crippen LogP contribution < -0.4 is 0 Å². The van der Waals surface area contributed by atoms with Gasteiger partial charge in [-0.25, -0.2) is 0 Å². The summed E-state index contributed by atoms with van der Waals surface area (Å²) in [6, 6.07) is 0. The van der Waals surface area contributed by atoms with Crippen LogP contribution in [0.25, 0.3) is 0 Å². The van der Waals surface area contributed by atoms with Gasteiger partial charge >= 0.3 is 0 Å². The van der Waals surface area contributed by atoms with E-state index in [0.717, 1.165) is 0 Å². The molecule has 36 valence electrons. The summed E-state index contributed by atoms with van der Waals surface area (Å²) in [4.78, 5) is 0. The fourth-order valence-electron chi connectivity index (χ4n) is 0. The van der Waals surface area contributed by atoms with Crippen LogP contribution in [0, 0.1) is 0 Å². The van der Waals surface area contributed by atoms with Crippen molar-refractivity contribution < 1.29 is 43.9 Å². The van der Waals surface area contributed by atoms with E-state index in [1.165, 1.54) is 0 Å². The Kier molecular flexibility index (Phi) is 914. The summed E-state index contributed by atoms with van der Waals surface area (Å²) in [6.45, 7) is 0. The quantitative estimate of drug-likeness (QED) is 0.374. The maximum absolute atomic E-state index is 0. The largest absolute Gasteiger partial charge is 0.412 e. The molecule has 0 aromatic rings. The molecule has 0 saturated carbocycles. The van der Waals surface area contributed by atoms with Crippen molar-refractivity contribution in [2.75, 3.05) is 0 Å². The Bertz CT molecular complexity index is 4.00. The molecule has 0 unspecified atom stereocenters. The van der Waals surface area contributed by atoms with Crippen molar-refractivity contribution in [1.82, 2.24) is 0 Å². The van der Waals surface area contributed by atoms with Gasteiger partial charge in [-0.1, -0.05) is 0 Å². The molecule has 4 N–H and O–H groups in total. The smallest absolute Gasteiger partial charge is 0 e. The summed E-state index contributed by atoms with van der Waals surface area (Å²) in [7, 11) is 0. The molecule has 0 atom stereocenters. The van der Waals surface area contributed by atoms with Crippen molar-refractivity contribution in [2.24, 2.45) is 0 Å². The summed E-state index contributed by atoms with van der Waals surface area (Å²) in [6.07, 6.45) is 0. The van der Waals surface area contributed by atoms with Gasteiger partial charge in [0, 0.05) is 33.0 Å². The molecule has 0 rings (SSSR count). The molecular formula is H4Ni2O2. The second-order valence-electron chi connectivity index (χ2n) is 0. The number of hydrogen-bond donors (Lipinski definition) is 0. The van der Waals surface area contributed by atoms with E-state index in [2.05, 4.69) is 0 Å². The van der Waals surface area contributed by atoms with Gasteiger partial charge in [0.1, 0.15) is 0 Å². The monoisotopic (exact) mass is 152 g/mol. The molecule has 4 heteroatoms. The van der Waals surface area contributed by atoms with Crippen molar-refractivity contribution in [2.45, 2.75) is 0 Å². The van der Waals surface area contributed by atoms with E-state index >= 15 is 0 Å².